The number of carbonyl (C=O) groups excluding carboxylic acids is 2. The van der Waals surface area contributed by atoms with E-state index in [1.807, 2.05) is 5.38 Å². The topological polar surface area (TPSA) is 84.4 Å². The largest absolute Gasteiger partial charge is 0.443 e. The van der Waals surface area contributed by atoms with Crippen molar-refractivity contribution in [2.45, 2.75) is 26.4 Å². The van der Waals surface area contributed by atoms with E-state index in [2.05, 4.69) is 31.2 Å². The molecule has 0 atom stereocenters. The number of hydrogen-bond donors (Lipinski definition) is 1. The number of amides is 2. The molecule has 0 bridgehead atoms. The Morgan fingerprint density at radius 2 is 2.04 bits per heavy atom. The zero-order chi connectivity index (χ0) is 20.5. The summed E-state index contributed by atoms with van der Waals surface area (Å²) < 4.78 is 7.01. The number of nitrogens with one attached hydrogen (secondary N) is 1. The van der Waals surface area contributed by atoms with E-state index in [0.717, 1.165) is 14.6 Å². The second kappa shape index (κ2) is 7.84. The third kappa shape index (κ3) is 4.31. The Kier molecular flexibility index (Phi) is 5.66. The predicted molar refractivity (Wildman–Crippen MR) is 114 cm³/mol. The van der Waals surface area contributed by atoms with Gasteiger partial charge in [0.2, 0.25) is 0 Å². The third-order valence-electron chi connectivity index (χ3n) is 3.69. The van der Waals surface area contributed by atoms with Crippen LogP contribution in [-0.4, -0.2) is 34.6 Å². The number of ether oxygens (including phenoxy) is 1. The molecule has 9 heteroatoms. The first-order valence-electron chi connectivity index (χ1n) is 8.41. The first kappa shape index (κ1) is 20.2. The molecular formula is C19H19BrN4O3S. The second-order valence-electron chi connectivity index (χ2n) is 7.02. The van der Waals surface area contributed by atoms with E-state index in [9.17, 15) is 9.59 Å². The normalized spacial score (nSPS) is 11.3. The molecule has 0 aliphatic heterocycles. The molecule has 0 fully saturated rings. The maximum Gasteiger partial charge on any atom is 0.415 e. The van der Waals surface area contributed by atoms with Crippen molar-refractivity contribution in [2.24, 2.45) is 0 Å². The zero-order valence-corrected chi connectivity index (χ0v) is 18.2. The Morgan fingerprint density at radius 1 is 1.29 bits per heavy atom. The minimum absolute atomic E-state index is 0.283. The Labute approximate surface area is 174 Å². The molecule has 3 aromatic heterocycles. The highest BCUT2D eigenvalue weighted by Gasteiger charge is 2.25. The van der Waals surface area contributed by atoms with Gasteiger partial charge in [-0.05, 0) is 48.8 Å². The number of fused-ring (bicyclic) bond motifs is 1. The van der Waals surface area contributed by atoms with Crippen molar-refractivity contribution >= 4 is 60.9 Å². The number of hydrogen-bond acceptors (Lipinski definition) is 6. The summed E-state index contributed by atoms with van der Waals surface area (Å²) in [6, 6.07) is 3.38. The molecule has 28 heavy (non-hydrogen) atoms. The molecule has 1 N–H and O–H groups in total. The summed E-state index contributed by atoms with van der Waals surface area (Å²) in [4.78, 5) is 34.7. The van der Waals surface area contributed by atoms with Gasteiger partial charge in [0, 0.05) is 29.3 Å². The second-order valence-corrected chi connectivity index (χ2v) is 8.75. The van der Waals surface area contributed by atoms with E-state index in [4.69, 9.17) is 4.74 Å². The van der Waals surface area contributed by atoms with Gasteiger partial charge in [0.1, 0.15) is 11.4 Å². The van der Waals surface area contributed by atoms with Crippen molar-refractivity contribution in [3.63, 3.8) is 0 Å². The highest BCUT2D eigenvalue weighted by molar-refractivity contribution is 9.10. The molecule has 3 rings (SSSR count). The van der Waals surface area contributed by atoms with Gasteiger partial charge >= 0.3 is 6.09 Å². The van der Waals surface area contributed by atoms with Crippen LogP contribution in [0.4, 0.5) is 16.3 Å². The molecule has 7 nitrogen and oxygen atoms in total. The van der Waals surface area contributed by atoms with Gasteiger partial charge in [-0.15, -0.1) is 11.3 Å². The predicted octanol–water partition coefficient (Wildman–Crippen LogP) is 5.08. The summed E-state index contributed by atoms with van der Waals surface area (Å²) in [5, 5.41) is 5.47. The summed E-state index contributed by atoms with van der Waals surface area (Å²) in [6.07, 6.45) is 4.13. The molecular weight excluding hydrogens is 444 g/mol. The van der Waals surface area contributed by atoms with Crippen molar-refractivity contribution < 1.29 is 14.3 Å². The maximum atomic E-state index is 12.5. The highest BCUT2D eigenvalue weighted by Crippen LogP contribution is 2.40. The molecule has 3 heterocycles. The van der Waals surface area contributed by atoms with E-state index < -0.39 is 11.7 Å². The lowest BCUT2D eigenvalue weighted by molar-refractivity contribution is 0.0588. The van der Waals surface area contributed by atoms with Crippen LogP contribution in [0.5, 0.6) is 0 Å². The van der Waals surface area contributed by atoms with Crippen LogP contribution in [0.25, 0.3) is 10.1 Å². The van der Waals surface area contributed by atoms with E-state index in [1.54, 1.807) is 46.1 Å². The van der Waals surface area contributed by atoms with Crippen molar-refractivity contribution in [3.05, 3.63) is 46.1 Å². The van der Waals surface area contributed by atoms with Crippen LogP contribution >= 0.6 is 27.3 Å². The molecule has 0 aliphatic rings. The van der Waals surface area contributed by atoms with Crippen LogP contribution in [0.2, 0.25) is 0 Å². The number of carbonyl (C=O) groups is 2. The average molecular weight is 463 g/mol. The van der Waals surface area contributed by atoms with Gasteiger partial charge in [0.15, 0.2) is 0 Å². The molecule has 0 saturated heterocycles. The number of aromatic nitrogens is 2. The number of rotatable bonds is 3. The average Bonchev–Trinajstić information content (AvgIpc) is 3.03. The minimum atomic E-state index is -0.617. The lowest BCUT2D eigenvalue weighted by Gasteiger charge is -2.24. The van der Waals surface area contributed by atoms with Crippen LogP contribution < -0.4 is 10.2 Å². The quantitative estimate of drug-likeness (QED) is 0.586. The summed E-state index contributed by atoms with van der Waals surface area (Å²) >= 11 is 4.95. The molecule has 146 valence electrons. The highest BCUT2D eigenvalue weighted by atomic mass is 79.9. The van der Waals surface area contributed by atoms with Gasteiger partial charge in [0.25, 0.3) is 5.91 Å². The molecule has 0 unspecified atom stereocenters. The Morgan fingerprint density at radius 3 is 2.68 bits per heavy atom. The fourth-order valence-corrected chi connectivity index (χ4v) is 4.12. The van der Waals surface area contributed by atoms with Crippen LogP contribution in [0.3, 0.4) is 0 Å². The molecule has 3 aromatic rings. The summed E-state index contributed by atoms with van der Waals surface area (Å²) in [5.74, 6) is 0.158. The van der Waals surface area contributed by atoms with Crippen LogP contribution in [-0.2, 0) is 4.74 Å². The summed E-state index contributed by atoms with van der Waals surface area (Å²) in [5.41, 5.74) is 0.385. The lowest BCUT2D eigenvalue weighted by Crippen LogP contribution is -2.34. The summed E-state index contributed by atoms with van der Waals surface area (Å²) in [6.45, 7) is 5.41. The Bertz CT molecular complexity index is 1030. The first-order valence-corrected chi connectivity index (χ1v) is 10.1. The van der Waals surface area contributed by atoms with Gasteiger partial charge in [-0.25, -0.2) is 9.78 Å². The van der Waals surface area contributed by atoms with Gasteiger partial charge in [-0.3, -0.25) is 14.7 Å². The number of nitrogens with zero attached hydrogens (tertiary/aromatic N) is 3. The minimum Gasteiger partial charge on any atom is -0.443 e. The standard InChI is InChI=1S/C19H19BrN4O3S/c1-19(2,3)27-18(26)24(4)16-14-12(20)10-28-15(14)13(9-22-16)23-17(25)11-6-5-7-21-8-11/h5-10H,1-4H3,(H,23,25). The molecule has 0 radical (unpaired) electrons. The third-order valence-corrected chi connectivity index (χ3v) is 5.63. The molecule has 0 spiro atoms. The maximum absolute atomic E-state index is 12.5. The number of thiophene rings is 1. The smallest absolute Gasteiger partial charge is 0.415 e. The van der Waals surface area contributed by atoms with Crippen molar-refractivity contribution in [3.8, 4) is 0 Å². The number of anilines is 2. The number of halogens is 1. The zero-order valence-electron chi connectivity index (χ0n) is 15.8. The van der Waals surface area contributed by atoms with Crippen LogP contribution in [0, 0.1) is 0 Å². The van der Waals surface area contributed by atoms with E-state index in [0.29, 0.717) is 17.1 Å². The SMILES string of the molecule is CN(C(=O)OC(C)(C)C)c1ncc(NC(=O)c2cccnc2)c2scc(Br)c12. The Hall–Kier alpha value is -2.52. The van der Waals surface area contributed by atoms with E-state index in [-0.39, 0.29) is 5.91 Å². The Balaban J connectivity index is 1.96. The van der Waals surface area contributed by atoms with Gasteiger partial charge in [0.05, 0.1) is 27.5 Å². The van der Waals surface area contributed by atoms with E-state index in [1.165, 1.54) is 28.6 Å². The fourth-order valence-electron chi connectivity index (χ4n) is 2.44. The van der Waals surface area contributed by atoms with Gasteiger partial charge in [-0.2, -0.15) is 0 Å². The molecule has 0 aromatic carbocycles. The van der Waals surface area contributed by atoms with Crippen molar-refractivity contribution in [2.75, 3.05) is 17.3 Å². The molecule has 0 aliphatic carbocycles. The van der Waals surface area contributed by atoms with Crippen molar-refractivity contribution in [1.82, 2.24) is 9.97 Å². The monoisotopic (exact) mass is 462 g/mol. The summed E-state index contributed by atoms with van der Waals surface area (Å²) in [7, 11) is 1.61. The molecule has 2 amide bonds. The van der Waals surface area contributed by atoms with Crippen molar-refractivity contribution in [1.29, 1.82) is 0 Å². The molecule has 0 saturated carbocycles. The van der Waals surface area contributed by atoms with Crippen LogP contribution in [0.1, 0.15) is 31.1 Å². The van der Waals surface area contributed by atoms with Gasteiger partial charge in [-0.1, -0.05) is 0 Å². The first-order chi connectivity index (χ1) is 13.2. The van der Waals surface area contributed by atoms with E-state index >= 15 is 0 Å². The van der Waals surface area contributed by atoms with Gasteiger partial charge < -0.3 is 10.1 Å². The lowest BCUT2D eigenvalue weighted by atomic mass is 10.2. The number of pyridine rings is 2. The van der Waals surface area contributed by atoms with Crippen LogP contribution in [0.15, 0.2) is 40.6 Å². The fraction of sp³-hybridized carbons (Fsp3) is 0.263.